The molecule has 1 atom stereocenters. The third-order valence-electron chi connectivity index (χ3n) is 5.63. The predicted octanol–water partition coefficient (Wildman–Crippen LogP) is 3.61. The molecule has 33 heavy (non-hydrogen) atoms. The Kier molecular flexibility index (Phi) is 5.26. The molecule has 0 radical (unpaired) electrons. The van der Waals surface area contributed by atoms with Crippen LogP contribution in [0.5, 0.6) is 11.5 Å². The van der Waals surface area contributed by atoms with Gasteiger partial charge < -0.3 is 19.5 Å². The average molecular weight is 446 g/mol. The molecule has 0 unspecified atom stereocenters. The third kappa shape index (κ3) is 3.69. The van der Waals surface area contributed by atoms with Crippen LogP contribution in [0.15, 0.2) is 72.6 Å². The molecule has 5 rings (SSSR count). The van der Waals surface area contributed by atoms with Crippen LogP contribution in [0.4, 0.5) is 4.39 Å². The van der Waals surface area contributed by atoms with Gasteiger partial charge in [0.1, 0.15) is 24.8 Å². The summed E-state index contributed by atoms with van der Waals surface area (Å²) in [6.45, 7) is 0.780. The van der Waals surface area contributed by atoms with Crippen molar-refractivity contribution in [2.24, 2.45) is 0 Å². The summed E-state index contributed by atoms with van der Waals surface area (Å²) in [5.74, 6) is -1.79. The second kappa shape index (κ2) is 8.38. The molecule has 3 heterocycles. The maximum absolute atomic E-state index is 14.9. The van der Waals surface area contributed by atoms with Gasteiger partial charge >= 0.3 is 0 Å². The second-order valence-electron chi connectivity index (χ2n) is 7.67. The Morgan fingerprint density at radius 2 is 1.85 bits per heavy atom. The van der Waals surface area contributed by atoms with Crippen LogP contribution in [0.3, 0.4) is 0 Å². The first-order valence-electron chi connectivity index (χ1n) is 10.4. The summed E-state index contributed by atoms with van der Waals surface area (Å²) >= 11 is 0. The summed E-state index contributed by atoms with van der Waals surface area (Å²) in [6, 6.07) is 13.0. The first-order chi connectivity index (χ1) is 16.0. The van der Waals surface area contributed by atoms with E-state index in [-0.39, 0.29) is 23.2 Å². The number of amides is 1. The zero-order valence-electron chi connectivity index (χ0n) is 17.4. The zero-order valence-corrected chi connectivity index (χ0v) is 17.4. The van der Waals surface area contributed by atoms with Crippen molar-refractivity contribution < 1.29 is 28.6 Å². The molecular weight excluding hydrogens is 427 g/mol. The number of aromatic nitrogens is 1. The van der Waals surface area contributed by atoms with Crippen LogP contribution >= 0.6 is 0 Å². The van der Waals surface area contributed by atoms with Crippen molar-refractivity contribution in [1.82, 2.24) is 9.88 Å². The molecule has 2 aromatic carbocycles. The lowest BCUT2D eigenvalue weighted by molar-refractivity contribution is -0.140. The van der Waals surface area contributed by atoms with Crippen LogP contribution in [0.2, 0.25) is 0 Å². The summed E-state index contributed by atoms with van der Waals surface area (Å²) < 4.78 is 25.9. The number of ether oxygens (including phenoxy) is 2. The van der Waals surface area contributed by atoms with Gasteiger partial charge in [-0.3, -0.25) is 14.6 Å². The molecule has 7 nitrogen and oxygen atoms in total. The Morgan fingerprint density at radius 3 is 2.61 bits per heavy atom. The molecule has 166 valence electrons. The second-order valence-corrected chi connectivity index (χ2v) is 7.67. The molecule has 0 bridgehead atoms. The minimum atomic E-state index is -1.11. The van der Waals surface area contributed by atoms with Gasteiger partial charge in [-0.2, -0.15) is 0 Å². The van der Waals surface area contributed by atoms with Crippen molar-refractivity contribution in [3.05, 3.63) is 95.1 Å². The van der Waals surface area contributed by atoms with Gasteiger partial charge in [0.25, 0.3) is 11.7 Å². The van der Waals surface area contributed by atoms with E-state index in [2.05, 4.69) is 4.98 Å². The number of pyridine rings is 1. The highest BCUT2D eigenvalue weighted by Crippen LogP contribution is 2.42. The van der Waals surface area contributed by atoms with Gasteiger partial charge in [0.05, 0.1) is 11.6 Å². The summed E-state index contributed by atoms with van der Waals surface area (Å²) in [6.07, 6.45) is 3.16. The number of hydrogen-bond donors (Lipinski definition) is 1. The van der Waals surface area contributed by atoms with E-state index in [1.54, 1.807) is 42.7 Å². The largest absolute Gasteiger partial charge is 0.507 e. The fourth-order valence-electron chi connectivity index (χ4n) is 4.10. The number of nitrogens with zero attached hydrogens (tertiary/aromatic N) is 2. The van der Waals surface area contributed by atoms with Gasteiger partial charge in [0.2, 0.25) is 0 Å². The van der Waals surface area contributed by atoms with Crippen molar-refractivity contribution in [1.29, 1.82) is 0 Å². The maximum Gasteiger partial charge on any atom is 0.295 e. The molecule has 1 aromatic heterocycles. The summed E-state index contributed by atoms with van der Waals surface area (Å²) in [5.41, 5.74) is 0.852. The number of likely N-dealkylation sites (tertiary alicyclic amines) is 1. The third-order valence-corrected chi connectivity index (χ3v) is 5.63. The van der Waals surface area contributed by atoms with E-state index < -0.39 is 29.3 Å². The Balaban J connectivity index is 1.65. The van der Waals surface area contributed by atoms with E-state index in [9.17, 15) is 19.1 Å². The topological polar surface area (TPSA) is 89.0 Å². The van der Waals surface area contributed by atoms with E-state index in [4.69, 9.17) is 9.47 Å². The summed E-state index contributed by atoms with van der Waals surface area (Å²) in [7, 11) is 0. The van der Waals surface area contributed by atoms with Gasteiger partial charge in [-0.25, -0.2) is 4.39 Å². The summed E-state index contributed by atoms with van der Waals surface area (Å²) in [4.78, 5) is 31.4. The minimum absolute atomic E-state index is 0.0231. The average Bonchev–Trinajstić information content (AvgIpc) is 3.09. The molecule has 3 aromatic rings. The number of benzene rings is 2. The van der Waals surface area contributed by atoms with Crippen molar-refractivity contribution in [3.63, 3.8) is 0 Å². The Hall–Kier alpha value is -4.20. The van der Waals surface area contributed by atoms with Crippen molar-refractivity contribution >= 4 is 17.4 Å². The number of hydrogen-bond acceptors (Lipinski definition) is 6. The molecule has 0 spiro atoms. The van der Waals surface area contributed by atoms with E-state index in [0.29, 0.717) is 30.3 Å². The number of carbonyl (C=O) groups excluding carboxylic acids is 2. The van der Waals surface area contributed by atoms with Gasteiger partial charge in [0, 0.05) is 30.1 Å². The number of carbonyl (C=O) groups is 2. The van der Waals surface area contributed by atoms with Gasteiger partial charge in [-0.1, -0.05) is 24.3 Å². The molecule has 1 N–H and O–H groups in total. The van der Waals surface area contributed by atoms with Crippen molar-refractivity contribution in [2.75, 3.05) is 13.2 Å². The number of Topliss-reactive ketones (excluding diaryl/α,β-unsaturated/α-hetero) is 1. The SMILES string of the molecule is O=C1C(=O)N(Cc2cccnc2)[C@@H](c2ccccc2F)C1=C(O)c1ccc2c(c1)OCCO2. The van der Waals surface area contributed by atoms with Gasteiger partial charge in [-0.05, 0) is 35.9 Å². The Bertz CT molecular complexity index is 1270. The number of rotatable bonds is 4. The van der Waals surface area contributed by atoms with Crippen LogP contribution in [0, 0.1) is 5.82 Å². The first kappa shape index (κ1) is 20.7. The Labute approximate surface area is 188 Å². The fraction of sp³-hybridized carbons (Fsp3) is 0.160. The van der Waals surface area contributed by atoms with Crippen LogP contribution in [-0.2, 0) is 16.1 Å². The highest BCUT2D eigenvalue weighted by Gasteiger charge is 2.47. The first-order valence-corrected chi connectivity index (χ1v) is 10.4. The molecule has 1 amide bonds. The lowest BCUT2D eigenvalue weighted by Gasteiger charge is -2.25. The lowest BCUT2D eigenvalue weighted by atomic mass is 9.94. The molecule has 8 heteroatoms. The highest BCUT2D eigenvalue weighted by molar-refractivity contribution is 6.46. The number of aliphatic hydroxyl groups excluding tert-OH is 1. The van der Waals surface area contributed by atoms with Gasteiger partial charge in [0.15, 0.2) is 11.5 Å². The zero-order chi connectivity index (χ0) is 22.9. The van der Waals surface area contributed by atoms with Crippen LogP contribution < -0.4 is 9.47 Å². The lowest BCUT2D eigenvalue weighted by Crippen LogP contribution is -2.29. The smallest absolute Gasteiger partial charge is 0.295 e. The quantitative estimate of drug-likeness (QED) is 0.374. The van der Waals surface area contributed by atoms with Crippen molar-refractivity contribution in [2.45, 2.75) is 12.6 Å². The number of halogens is 1. The monoisotopic (exact) mass is 446 g/mol. The molecule has 1 fully saturated rings. The van der Waals surface area contributed by atoms with Crippen LogP contribution in [0.1, 0.15) is 22.7 Å². The Morgan fingerprint density at radius 1 is 1.06 bits per heavy atom. The number of ketones is 1. The molecule has 2 aliphatic heterocycles. The minimum Gasteiger partial charge on any atom is -0.507 e. The molecule has 1 saturated heterocycles. The summed E-state index contributed by atoms with van der Waals surface area (Å²) in [5, 5.41) is 11.2. The predicted molar refractivity (Wildman–Crippen MR) is 116 cm³/mol. The van der Waals surface area contributed by atoms with E-state index in [1.807, 2.05) is 0 Å². The van der Waals surface area contributed by atoms with Crippen molar-refractivity contribution in [3.8, 4) is 11.5 Å². The molecular formula is C25H19FN2O5. The normalized spacial score (nSPS) is 19.1. The standard InChI is InChI=1S/C25H19FN2O5/c26-18-6-2-1-5-17(18)22-21(23(29)16-7-8-19-20(12-16)33-11-10-32-19)24(30)25(31)28(22)14-15-4-3-9-27-13-15/h1-9,12-13,22,29H,10-11,14H2/t22-/m0/s1. The molecule has 0 saturated carbocycles. The van der Waals surface area contributed by atoms with Crippen LogP contribution in [0.25, 0.3) is 5.76 Å². The molecule has 0 aliphatic carbocycles. The van der Waals surface area contributed by atoms with Crippen LogP contribution in [-0.4, -0.2) is 39.9 Å². The van der Waals surface area contributed by atoms with E-state index >= 15 is 0 Å². The van der Waals surface area contributed by atoms with Gasteiger partial charge in [-0.15, -0.1) is 0 Å². The highest BCUT2D eigenvalue weighted by atomic mass is 19.1. The maximum atomic E-state index is 14.9. The number of aliphatic hydroxyl groups is 1. The number of fused-ring (bicyclic) bond motifs is 1. The van der Waals surface area contributed by atoms with E-state index in [1.165, 1.54) is 29.2 Å². The van der Waals surface area contributed by atoms with E-state index in [0.717, 1.165) is 0 Å². The molecule has 2 aliphatic rings. The fourth-order valence-corrected chi connectivity index (χ4v) is 4.10.